The van der Waals surface area contributed by atoms with Gasteiger partial charge in [-0.05, 0) is 30.9 Å². The van der Waals surface area contributed by atoms with Crippen LogP contribution in [-0.2, 0) is 4.74 Å². The van der Waals surface area contributed by atoms with Crippen molar-refractivity contribution in [1.29, 1.82) is 0 Å². The van der Waals surface area contributed by atoms with Crippen LogP contribution in [0.2, 0.25) is 5.02 Å². The summed E-state index contributed by atoms with van der Waals surface area (Å²) in [7, 11) is 0. The summed E-state index contributed by atoms with van der Waals surface area (Å²) < 4.78 is 5.32. The number of halogens is 1. The van der Waals surface area contributed by atoms with E-state index in [9.17, 15) is 0 Å². The van der Waals surface area contributed by atoms with Crippen LogP contribution in [0.1, 0.15) is 12.8 Å². The van der Waals surface area contributed by atoms with Gasteiger partial charge >= 0.3 is 0 Å². The molecule has 0 aromatic heterocycles. The van der Waals surface area contributed by atoms with Gasteiger partial charge in [0.25, 0.3) is 0 Å². The van der Waals surface area contributed by atoms with Crippen LogP contribution >= 0.6 is 11.6 Å². The fraction of sp³-hybridized carbons (Fsp3) is 0.500. The summed E-state index contributed by atoms with van der Waals surface area (Å²) in [5.41, 5.74) is 7.43. The molecular weight excluding hydrogens is 224 g/mol. The summed E-state index contributed by atoms with van der Waals surface area (Å²) in [4.78, 5) is 0. The van der Waals surface area contributed by atoms with E-state index in [4.69, 9.17) is 22.1 Å². The Morgan fingerprint density at radius 1 is 1.38 bits per heavy atom. The molecule has 3 N–H and O–H groups in total. The van der Waals surface area contributed by atoms with Gasteiger partial charge < -0.3 is 15.8 Å². The predicted octanol–water partition coefficient (Wildman–Crippen LogP) is 2.76. The third-order valence-corrected chi connectivity index (χ3v) is 3.27. The molecule has 0 unspecified atom stereocenters. The quantitative estimate of drug-likeness (QED) is 0.799. The van der Waals surface area contributed by atoms with E-state index in [-0.39, 0.29) is 0 Å². The number of hydrogen-bond acceptors (Lipinski definition) is 3. The highest BCUT2D eigenvalue weighted by atomic mass is 35.5. The molecule has 0 radical (unpaired) electrons. The van der Waals surface area contributed by atoms with Crippen molar-refractivity contribution >= 4 is 23.0 Å². The fourth-order valence-corrected chi connectivity index (χ4v) is 2.17. The van der Waals surface area contributed by atoms with E-state index >= 15 is 0 Å². The lowest BCUT2D eigenvalue weighted by molar-refractivity contribution is 0.0699. The lowest BCUT2D eigenvalue weighted by atomic mass is 10.0. The van der Waals surface area contributed by atoms with E-state index in [2.05, 4.69) is 5.32 Å². The van der Waals surface area contributed by atoms with Crippen molar-refractivity contribution < 1.29 is 4.74 Å². The third-order valence-electron chi connectivity index (χ3n) is 2.95. The van der Waals surface area contributed by atoms with Gasteiger partial charge in [-0.25, -0.2) is 0 Å². The largest absolute Gasteiger partial charge is 0.397 e. The Hall–Kier alpha value is -0.930. The molecule has 1 aromatic rings. The topological polar surface area (TPSA) is 47.3 Å². The van der Waals surface area contributed by atoms with E-state index in [1.807, 2.05) is 18.2 Å². The zero-order chi connectivity index (χ0) is 11.4. The van der Waals surface area contributed by atoms with Crippen LogP contribution in [0.5, 0.6) is 0 Å². The van der Waals surface area contributed by atoms with E-state index in [0.29, 0.717) is 16.6 Å². The summed E-state index contributed by atoms with van der Waals surface area (Å²) in [6, 6.07) is 5.57. The molecule has 1 aromatic carbocycles. The Labute approximate surface area is 101 Å². The second-order valence-electron chi connectivity index (χ2n) is 4.14. The van der Waals surface area contributed by atoms with Gasteiger partial charge in [-0.15, -0.1) is 0 Å². The number of nitrogens with one attached hydrogen (secondary N) is 1. The summed E-state index contributed by atoms with van der Waals surface area (Å²) in [6.45, 7) is 2.64. The highest BCUT2D eigenvalue weighted by molar-refractivity contribution is 6.33. The Morgan fingerprint density at radius 2 is 2.12 bits per heavy atom. The van der Waals surface area contributed by atoms with E-state index < -0.39 is 0 Å². The third kappa shape index (κ3) is 2.80. The van der Waals surface area contributed by atoms with Crippen LogP contribution in [0.4, 0.5) is 11.4 Å². The first-order valence-corrected chi connectivity index (χ1v) is 6.01. The number of ether oxygens (including phenoxy) is 1. The molecule has 0 aliphatic carbocycles. The van der Waals surface area contributed by atoms with Crippen molar-refractivity contribution in [3.8, 4) is 0 Å². The molecule has 1 aliphatic heterocycles. The van der Waals surface area contributed by atoms with Crippen LogP contribution < -0.4 is 11.1 Å². The molecule has 0 bridgehead atoms. The van der Waals surface area contributed by atoms with Crippen molar-refractivity contribution in [3.05, 3.63) is 23.2 Å². The number of anilines is 2. The van der Waals surface area contributed by atoms with Gasteiger partial charge in [0.15, 0.2) is 0 Å². The van der Waals surface area contributed by atoms with Crippen LogP contribution in [0, 0.1) is 5.92 Å². The molecule has 1 aliphatic rings. The highest BCUT2D eigenvalue weighted by Gasteiger charge is 2.14. The van der Waals surface area contributed by atoms with Crippen molar-refractivity contribution in [3.63, 3.8) is 0 Å². The van der Waals surface area contributed by atoms with Crippen molar-refractivity contribution in [2.24, 2.45) is 5.92 Å². The summed E-state index contributed by atoms with van der Waals surface area (Å²) in [5.74, 6) is 0.657. The zero-order valence-electron chi connectivity index (χ0n) is 9.21. The number of nitrogens with two attached hydrogens (primary N) is 1. The number of rotatable bonds is 3. The summed E-state index contributed by atoms with van der Waals surface area (Å²) in [6.07, 6.45) is 2.22. The summed E-state index contributed by atoms with van der Waals surface area (Å²) in [5, 5.41) is 4.03. The molecule has 1 saturated heterocycles. The van der Waals surface area contributed by atoms with Gasteiger partial charge in [0.2, 0.25) is 0 Å². The first kappa shape index (κ1) is 11.6. The second kappa shape index (κ2) is 5.41. The minimum absolute atomic E-state index is 0.657. The smallest absolute Gasteiger partial charge is 0.0763 e. The maximum Gasteiger partial charge on any atom is 0.0763 e. The van der Waals surface area contributed by atoms with Gasteiger partial charge in [-0.3, -0.25) is 0 Å². The monoisotopic (exact) mass is 240 g/mol. The van der Waals surface area contributed by atoms with Crippen molar-refractivity contribution in [1.82, 2.24) is 0 Å². The maximum absolute atomic E-state index is 6.08. The van der Waals surface area contributed by atoms with Crippen LogP contribution in [0.3, 0.4) is 0 Å². The van der Waals surface area contributed by atoms with Gasteiger partial charge in [0.1, 0.15) is 0 Å². The zero-order valence-corrected chi connectivity index (χ0v) is 9.96. The van der Waals surface area contributed by atoms with Crippen molar-refractivity contribution in [2.45, 2.75) is 12.8 Å². The molecule has 2 rings (SSSR count). The lowest BCUT2D eigenvalue weighted by Crippen LogP contribution is -2.23. The molecular formula is C12H17ClN2O. The van der Waals surface area contributed by atoms with E-state index in [0.717, 1.165) is 38.3 Å². The molecule has 4 heteroatoms. The maximum atomic E-state index is 6.08. The molecule has 0 spiro atoms. The Morgan fingerprint density at radius 3 is 2.81 bits per heavy atom. The van der Waals surface area contributed by atoms with Gasteiger partial charge in [0.05, 0.1) is 16.4 Å². The molecule has 88 valence electrons. The SMILES string of the molecule is Nc1cccc(Cl)c1NCC1CCOCC1. The minimum Gasteiger partial charge on any atom is -0.397 e. The number of hydrogen-bond donors (Lipinski definition) is 2. The van der Waals surface area contributed by atoms with Gasteiger partial charge in [-0.2, -0.15) is 0 Å². The van der Waals surface area contributed by atoms with E-state index in [1.165, 1.54) is 0 Å². The normalized spacial score (nSPS) is 17.3. The molecule has 0 atom stereocenters. The first-order chi connectivity index (χ1) is 7.77. The average Bonchev–Trinajstić information content (AvgIpc) is 2.30. The Bertz CT molecular complexity index is 331. The highest BCUT2D eigenvalue weighted by Crippen LogP contribution is 2.28. The van der Waals surface area contributed by atoms with Gasteiger partial charge in [-0.1, -0.05) is 17.7 Å². The predicted molar refractivity (Wildman–Crippen MR) is 67.9 cm³/mol. The van der Waals surface area contributed by atoms with E-state index in [1.54, 1.807) is 0 Å². The first-order valence-electron chi connectivity index (χ1n) is 5.63. The van der Waals surface area contributed by atoms with Gasteiger partial charge in [0, 0.05) is 19.8 Å². The Balaban J connectivity index is 1.93. The number of nitrogen functional groups attached to an aromatic ring is 1. The van der Waals surface area contributed by atoms with Crippen LogP contribution in [-0.4, -0.2) is 19.8 Å². The molecule has 1 fully saturated rings. The van der Waals surface area contributed by atoms with Crippen LogP contribution in [0.15, 0.2) is 18.2 Å². The molecule has 0 amide bonds. The van der Waals surface area contributed by atoms with Crippen molar-refractivity contribution in [2.75, 3.05) is 30.8 Å². The Kier molecular flexibility index (Phi) is 3.91. The average molecular weight is 241 g/mol. The summed E-state index contributed by atoms with van der Waals surface area (Å²) >= 11 is 6.08. The number of benzene rings is 1. The molecule has 0 saturated carbocycles. The molecule has 16 heavy (non-hydrogen) atoms. The minimum atomic E-state index is 0.657. The standard InChI is InChI=1S/C12H17ClN2O/c13-10-2-1-3-11(14)12(10)15-8-9-4-6-16-7-5-9/h1-3,9,15H,4-8,14H2. The number of para-hydroxylation sites is 1. The fourth-order valence-electron chi connectivity index (χ4n) is 1.92. The second-order valence-corrected chi connectivity index (χ2v) is 4.55. The molecule has 3 nitrogen and oxygen atoms in total. The molecule has 1 heterocycles. The lowest BCUT2D eigenvalue weighted by Gasteiger charge is -2.23. The van der Waals surface area contributed by atoms with Crippen LogP contribution in [0.25, 0.3) is 0 Å².